The van der Waals surface area contributed by atoms with Crippen LogP contribution in [0.25, 0.3) is 0 Å². The molecule has 2 saturated heterocycles. The molecule has 0 radical (unpaired) electrons. The van der Waals surface area contributed by atoms with Crippen LogP contribution in [0.15, 0.2) is 54.6 Å². The van der Waals surface area contributed by atoms with E-state index in [9.17, 15) is 4.79 Å². The van der Waals surface area contributed by atoms with Crippen molar-refractivity contribution in [3.05, 3.63) is 65.7 Å². The molecule has 2 atom stereocenters. The van der Waals surface area contributed by atoms with Crippen LogP contribution in [0.1, 0.15) is 17.2 Å². The molecule has 4 rings (SSSR count). The molecule has 2 aromatic rings. The van der Waals surface area contributed by atoms with E-state index >= 15 is 0 Å². The largest absolute Gasteiger partial charge is 0.497 e. The second-order valence-electron chi connectivity index (χ2n) is 6.56. The van der Waals surface area contributed by atoms with E-state index in [0.717, 1.165) is 30.9 Å². The normalized spacial score (nSPS) is 23.2. The first kappa shape index (κ1) is 16.0. The molecule has 5 nitrogen and oxygen atoms in total. The molecule has 2 heterocycles. The molecule has 1 unspecified atom stereocenters. The number of hydrogen-bond donors (Lipinski definition) is 0. The third-order valence-electron chi connectivity index (χ3n) is 4.99. The van der Waals surface area contributed by atoms with E-state index in [4.69, 9.17) is 9.47 Å². The number of hydrogen-bond acceptors (Lipinski definition) is 4. The van der Waals surface area contributed by atoms with E-state index in [1.807, 2.05) is 35.2 Å². The number of nitrogens with zero attached hydrogens (tertiary/aromatic N) is 2. The maximum atomic E-state index is 12.3. The number of cyclic esters (lactones) is 1. The lowest BCUT2D eigenvalue weighted by Crippen LogP contribution is -2.52. The number of ether oxygens (including phenoxy) is 2. The number of amides is 1. The highest BCUT2D eigenvalue weighted by Gasteiger charge is 2.45. The summed E-state index contributed by atoms with van der Waals surface area (Å²) in [6.07, 6.45) is -0.460. The Balaban J connectivity index is 1.53. The second-order valence-corrected chi connectivity index (χ2v) is 6.56. The highest BCUT2D eigenvalue weighted by Crippen LogP contribution is 2.36. The van der Waals surface area contributed by atoms with Crippen molar-refractivity contribution in [2.45, 2.75) is 18.7 Å². The molecule has 0 N–H and O–H groups in total. The van der Waals surface area contributed by atoms with Gasteiger partial charge in [0, 0.05) is 26.2 Å². The van der Waals surface area contributed by atoms with Gasteiger partial charge in [0.1, 0.15) is 5.75 Å². The molecule has 5 heteroatoms. The van der Waals surface area contributed by atoms with Crippen molar-refractivity contribution in [3.63, 3.8) is 0 Å². The number of methoxy groups -OCH3 is 1. The highest BCUT2D eigenvalue weighted by atomic mass is 16.6. The molecule has 0 bridgehead atoms. The van der Waals surface area contributed by atoms with Crippen molar-refractivity contribution < 1.29 is 14.3 Å². The third kappa shape index (κ3) is 3.20. The summed E-state index contributed by atoms with van der Waals surface area (Å²) < 4.78 is 11.0. The Morgan fingerprint density at radius 2 is 1.96 bits per heavy atom. The molecule has 0 aliphatic carbocycles. The topological polar surface area (TPSA) is 42.0 Å². The van der Waals surface area contributed by atoms with Gasteiger partial charge in [-0.3, -0.25) is 9.80 Å². The molecule has 2 fully saturated rings. The van der Waals surface area contributed by atoms with Crippen molar-refractivity contribution in [1.82, 2.24) is 9.80 Å². The summed E-state index contributed by atoms with van der Waals surface area (Å²) in [5, 5.41) is 0. The predicted molar refractivity (Wildman–Crippen MR) is 94.4 cm³/mol. The quantitative estimate of drug-likeness (QED) is 0.859. The summed E-state index contributed by atoms with van der Waals surface area (Å²) in [5.74, 6) is 0.781. The van der Waals surface area contributed by atoms with Gasteiger partial charge in [-0.2, -0.15) is 0 Å². The van der Waals surface area contributed by atoms with E-state index < -0.39 is 0 Å². The van der Waals surface area contributed by atoms with Gasteiger partial charge in [-0.05, 0) is 23.3 Å². The first-order valence-corrected chi connectivity index (χ1v) is 8.62. The summed E-state index contributed by atoms with van der Waals surface area (Å²) in [7, 11) is 1.65. The van der Waals surface area contributed by atoms with E-state index in [1.165, 1.54) is 5.56 Å². The maximum Gasteiger partial charge on any atom is 0.410 e. The van der Waals surface area contributed by atoms with Crippen LogP contribution in [0.5, 0.6) is 5.75 Å². The molecule has 0 spiro atoms. The van der Waals surface area contributed by atoms with E-state index in [1.54, 1.807) is 7.11 Å². The van der Waals surface area contributed by atoms with Crippen LogP contribution in [0.4, 0.5) is 4.79 Å². The molecule has 2 aromatic carbocycles. The Morgan fingerprint density at radius 3 is 2.76 bits per heavy atom. The molecule has 130 valence electrons. The summed E-state index contributed by atoms with van der Waals surface area (Å²) in [5.41, 5.74) is 2.28. The van der Waals surface area contributed by atoms with E-state index in [-0.39, 0.29) is 18.2 Å². The fraction of sp³-hybridized carbons (Fsp3) is 0.350. The zero-order valence-corrected chi connectivity index (χ0v) is 14.3. The van der Waals surface area contributed by atoms with Gasteiger partial charge >= 0.3 is 6.09 Å². The monoisotopic (exact) mass is 338 g/mol. The van der Waals surface area contributed by atoms with E-state index in [2.05, 4.69) is 29.2 Å². The van der Waals surface area contributed by atoms with Gasteiger partial charge < -0.3 is 9.47 Å². The smallest absolute Gasteiger partial charge is 0.410 e. The molecule has 25 heavy (non-hydrogen) atoms. The SMILES string of the molecule is COc1cccc(C2OC(=O)N3CCN(Cc4ccccc4)C[C@@H]23)c1. The predicted octanol–water partition coefficient (Wildman–Crippen LogP) is 3.07. The van der Waals surface area contributed by atoms with Gasteiger partial charge in [0.15, 0.2) is 6.10 Å². The average Bonchev–Trinajstić information content (AvgIpc) is 2.99. The number of carbonyl (C=O) groups excluding carboxylic acids is 1. The van der Waals surface area contributed by atoms with Gasteiger partial charge in [-0.25, -0.2) is 4.79 Å². The van der Waals surface area contributed by atoms with Gasteiger partial charge in [0.2, 0.25) is 0 Å². The van der Waals surface area contributed by atoms with Crippen LogP contribution < -0.4 is 4.74 Å². The van der Waals surface area contributed by atoms with Crippen molar-refractivity contribution in [3.8, 4) is 5.75 Å². The summed E-state index contributed by atoms with van der Waals surface area (Å²) >= 11 is 0. The first-order chi connectivity index (χ1) is 12.2. The van der Waals surface area contributed by atoms with Crippen molar-refractivity contribution in [2.75, 3.05) is 26.7 Å². The van der Waals surface area contributed by atoms with Crippen LogP contribution in [0.2, 0.25) is 0 Å². The minimum atomic E-state index is -0.249. The Bertz CT molecular complexity index is 750. The molecule has 0 aromatic heterocycles. The fourth-order valence-corrected chi connectivity index (χ4v) is 3.70. The highest BCUT2D eigenvalue weighted by molar-refractivity contribution is 5.71. The minimum Gasteiger partial charge on any atom is -0.497 e. The van der Waals surface area contributed by atoms with Crippen molar-refractivity contribution in [2.24, 2.45) is 0 Å². The number of benzene rings is 2. The van der Waals surface area contributed by atoms with Crippen LogP contribution in [-0.2, 0) is 11.3 Å². The molecule has 2 aliphatic rings. The molecular weight excluding hydrogens is 316 g/mol. The lowest BCUT2D eigenvalue weighted by atomic mass is 9.99. The van der Waals surface area contributed by atoms with Crippen molar-refractivity contribution in [1.29, 1.82) is 0 Å². The van der Waals surface area contributed by atoms with Crippen LogP contribution in [0.3, 0.4) is 0 Å². The number of piperazine rings is 1. The lowest BCUT2D eigenvalue weighted by Gasteiger charge is -2.37. The van der Waals surface area contributed by atoms with Gasteiger partial charge in [-0.1, -0.05) is 42.5 Å². The number of fused-ring (bicyclic) bond motifs is 1. The Hall–Kier alpha value is -2.53. The molecular formula is C20H22N2O3. The van der Waals surface area contributed by atoms with Gasteiger partial charge in [0.25, 0.3) is 0 Å². The van der Waals surface area contributed by atoms with Crippen molar-refractivity contribution >= 4 is 6.09 Å². The zero-order valence-electron chi connectivity index (χ0n) is 14.3. The van der Waals surface area contributed by atoms with Crippen LogP contribution >= 0.6 is 0 Å². The zero-order chi connectivity index (χ0) is 17.2. The van der Waals surface area contributed by atoms with Crippen LogP contribution in [-0.4, -0.2) is 48.7 Å². The Labute approximate surface area is 147 Å². The molecule has 1 amide bonds. The summed E-state index contributed by atoms with van der Waals surface area (Å²) in [6.45, 7) is 3.27. The molecule has 2 aliphatic heterocycles. The summed E-state index contributed by atoms with van der Waals surface area (Å²) in [6, 6.07) is 18.3. The third-order valence-corrected chi connectivity index (χ3v) is 4.99. The fourth-order valence-electron chi connectivity index (χ4n) is 3.70. The maximum absolute atomic E-state index is 12.3. The van der Waals surface area contributed by atoms with Gasteiger partial charge in [0.05, 0.1) is 13.2 Å². The van der Waals surface area contributed by atoms with Crippen LogP contribution in [0, 0.1) is 0 Å². The summed E-state index contributed by atoms with van der Waals surface area (Å²) in [4.78, 5) is 16.5. The Kier molecular flexibility index (Phi) is 4.32. The first-order valence-electron chi connectivity index (χ1n) is 8.62. The number of rotatable bonds is 4. The average molecular weight is 338 g/mol. The standard InChI is InChI=1S/C20H22N2O3/c1-24-17-9-5-8-16(12-17)19-18-14-21(10-11-22(18)20(23)25-19)13-15-6-3-2-4-7-15/h2-9,12,18-19H,10-11,13-14H2,1H3/t18-,19?/m0/s1. The molecule has 0 saturated carbocycles. The lowest BCUT2D eigenvalue weighted by molar-refractivity contribution is 0.0987. The van der Waals surface area contributed by atoms with E-state index in [0.29, 0.717) is 6.54 Å². The minimum absolute atomic E-state index is 0.0390. The second kappa shape index (κ2) is 6.76. The Morgan fingerprint density at radius 1 is 1.12 bits per heavy atom. The van der Waals surface area contributed by atoms with Gasteiger partial charge in [-0.15, -0.1) is 0 Å². The number of carbonyl (C=O) groups is 1.